The summed E-state index contributed by atoms with van der Waals surface area (Å²) in [6, 6.07) is 3.84. The highest BCUT2D eigenvalue weighted by molar-refractivity contribution is 5.74. The Morgan fingerprint density at radius 3 is 2.41 bits per heavy atom. The monoisotopic (exact) mass is 318 g/mol. The lowest BCUT2D eigenvalue weighted by Crippen LogP contribution is -2.43. The quantitative estimate of drug-likeness (QED) is 0.723. The van der Waals surface area contributed by atoms with E-state index in [2.05, 4.69) is 10.6 Å². The van der Waals surface area contributed by atoms with Crippen molar-refractivity contribution in [2.75, 3.05) is 6.61 Å². The zero-order valence-corrected chi connectivity index (χ0v) is 12.4. The first kappa shape index (κ1) is 18.3. The number of halogens is 3. The zero-order valence-electron chi connectivity index (χ0n) is 12.4. The van der Waals surface area contributed by atoms with Crippen LogP contribution in [0.4, 0.5) is 18.0 Å². The zero-order chi connectivity index (χ0) is 16.6. The number of unbranched alkanes of at least 4 members (excludes halogenated alkanes) is 1. The first-order chi connectivity index (χ1) is 10.4. The normalized spacial score (nSPS) is 12.8. The molecule has 124 valence electrons. The Bertz CT molecular complexity index is 461. The molecule has 0 aromatic heterocycles. The summed E-state index contributed by atoms with van der Waals surface area (Å²) >= 11 is 0. The number of rotatable bonds is 7. The smallest absolute Gasteiger partial charge is 0.394 e. The van der Waals surface area contributed by atoms with Crippen LogP contribution in [0.15, 0.2) is 24.3 Å². The molecular weight excluding hydrogens is 297 g/mol. The van der Waals surface area contributed by atoms with Gasteiger partial charge in [-0.1, -0.05) is 31.9 Å². The van der Waals surface area contributed by atoms with Crippen molar-refractivity contribution >= 4 is 6.03 Å². The Kier molecular flexibility index (Phi) is 7.17. The number of alkyl halides is 3. The van der Waals surface area contributed by atoms with Gasteiger partial charge in [0.25, 0.3) is 0 Å². The summed E-state index contributed by atoms with van der Waals surface area (Å²) in [4.78, 5) is 11.7. The van der Waals surface area contributed by atoms with Gasteiger partial charge in [0.2, 0.25) is 0 Å². The van der Waals surface area contributed by atoms with Gasteiger partial charge in [-0.05, 0) is 24.1 Å². The second-order valence-electron chi connectivity index (χ2n) is 5.04. The molecule has 2 amide bonds. The standard InChI is InChI=1S/C15H21F3N2O2/c1-2-3-4-13(10-21)20-14(22)19-9-11-5-7-12(8-6-11)15(16,17)18/h5-8,13,21H,2-4,9-10H2,1H3,(H2,19,20,22). The summed E-state index contributed by atoms with van der Waals surface area (Å²) in [6.45, 7) is 1.99. The molecule has 4 nitrogen and oxygen atoms in total. The van der Waals surface area contributed by atoms with Gasteiger partial charge >= 0.3 is 12.2 Å². The number of nitrogens with one attached hydrogen (secondary N) is 2. The molecular formula is C15H21F3N2O2. The summed E-state index contributed by atoms with van der Waals surface area (Å²) in [5.74, 6) is 0. The number of aliphatic hydroxyl groups is 1. The van der Waals surface area contributed by atoms with Crippen LogP contribution in [-0.4, -0.2) is 23.8 Å². The number of urea groups is 1. The van der Waals surface area contributed by atoms with Gasteiger partial charge in [-0.2, -0.15) is 13.2 Å². The molecule has 3 N–H and O–H groups in total. The van der Waals surface area contributed by atoms with Crippen LogP contribution in [0.1, 0.15) is 37.3 Å². The second-order valence-corrected chi connectivity index (χ2v) is 5.04. The highest BCUT2D eigenvalue weighted by atomic mass is 19.4. The van der Waals surface area contributed by atoms with E-state index < -0.39 is 17.8 Å². The first-order valence-corrected chi connectivity index (χ1v) is 7.18. The van der Waals surface area contributed by atoms with Gasteiger partial charge < -0.3 is 15.7 Å². The number of hydrogen-bond donors (Lipinski definition) is 3. The number of benzene rings is 1. The molecule has 0 spiro atoms. The molecule has 7 heteroatoms. The number of carbonyl (C=O) groups is 1. The van der Waals surface area contributed by atoms with Crippen molar-refractivity contribution in [3.05, 3.63) is 35.4 Å². The molecule has 0 aliphatic carbocycles. The van der Waals surface area contributed by atoms with Crippen molar-refractivity contribution in [3.8, 4) is 0 Å². The average molecular weight is 318 g/mol. The molecule has 0 saturated carbocycles. The van der Waals surface area contributed by atoms with E-state index in [0.29, 0.717) is 12.0 Å². The Morgan fingerprint density at radius 1 is 1.27 bits per heavy atom. The third kappa shape index (κ3) is 6.34. The third-order valence-corrected chi connectivity index (χ3v) is 3.20. The molecule has 1 aromatic rings. The van der Waals surface area contributed by atoms with E-state index in [1.165, 1.54) is 12.1 Å². The fourth-order valence-electron chi connectivity index (χ4n) is 1.89. The Morgan fingerprint density at radius 2 is 1.91 bits per heavy atom. The van der Waals surface area contributed by atoms with Crippen LogP contribution < -0.4 is 10.6 Å². The first-order valence-electron chi connectivity index (χ1n) is 7.18. The van der Waals surface area contributed by atoms with Crippen molar-refractivity contribution in [1.82, 2.24) is 10.6 Å². The highest BCUT2D eigenvalue weighted by Gasteiger charge is 2.29. The number of amides is 2. The van der Waals surface area contributed by atoms with E-state index >= 15 is 0 Å². The number of carbonyl (C=O) groups excluding carboxylic acids is 1. The maximum atomic E-state index is 12.4. The van der Waals surface area contributed by atoms with Crippen LogP contribution in [0.3, 0.4) is 0 Å². The van der Waals surface area contributed by atoms with Gasteiger partial charge in [-0.3, -0.25) is 0 Å². The van der Waals surface area contributed by atoms with Gasteiger partial charge in [-0.25, -0.2) is 4.79 Å². The van der Waals surface area contributed by atoms with E-state index in [9.17, 15) is 18.0 Å². The molecule has 0 aliphatic heterocycles. The van der Waals surface area contributed by atoms with Crippen molar-refractivity contribution in [3.63, 3.8) is 0 Å². The third-order valence-electron chi connectivity index (χ3n) is 3.20. The highest BCUT2D eigenvalue weighted by Crippen LogP contribution is 2.28. The Balaban J connectivity index is 2.43. The summed E-state index contributed by atoms with van der Waals surface area (Å²) < 4.78 is 37.2. The largest absolute Gasteiger partial charge is 0.416 e. The molecule has 0 fully saturated rings. The number of hydrogen-bond acceptors (Lipinski definition) is 2. The van der Waals surface area contributed by atoms with Crippen molar-refractivity contribution in [2.45, 2.75) is 44.9 Å². The summed E-state index contributed by atoms with van der Waals surface area (Å²) in [7, 11) is 0. The summed E-state index contributed by atoms with van der Waals surface area (Å²) in [5, 5.41) is 14.3. The van der Waals surface area contributed by atoms with Crippen LogP contribution in [0.5, 0.6) is 0 Å². The maximum absolute atomic E-state index is 12.4. The summed E-state index contributed by atoms with van der Waals surface area (Å²) in [5.41, 5.74) is -0.155. The average Bonchev–Trinajstić information content (AvgIpc) is 2.49. The van der Waals surface area contributed by atoms with Gasteiger partial charge in [-0.15, -0.1) is 0 Å². The molecule has 0 heterocycles. The van der Waals surface area contributed by atoms with Gasteiger partial charge in [0, 0.05) is 6.54 Å². The molecule has 0 saturated heterocycles. The predicted molar refractivity (Wildman–Crippen MR) is 77.2 cm³/mol. The predicted octanol–water partition coefficient (Wildman–Crippen LogP) is 3.06. The molecule has 22 heavy (non-hydrogen) atoms. The fraction of sp³-hybridized carbons (Fsp3) is 0.533. The van der Waals surface area contributed by atoms with E-state index in [0.717, 1.165) is 25.0 Å². The summed E-state index contributed by atoms with van der Waals surface area (Å²) in [6.07, 6.45) is -1.83. The van der Waals surface area contributed by atoms with E-state index in [1.807, 2.05) is 6.92 Å². The molecule has 1 rings (SSSR count). The SMILES string of the molecule is CCCCC(CO)NC(=O)NCc1ccc(C(F)(F)F)cc1. The van der Waals surface area contributed by atoms with Crippen molar-refractivity contribution < 1.29 is 23.1 Å². The Hall–Kier alpha value is -1.76. The van der Waals surface area contributed by atoms with Crippen LogP contribution in [0.2, 0.25) is 0 Å². The minimum atomic E-state index is -4.36. The minimum absolute atomic E-state index is 0.121. The van der Waals surface area contributed by atoms with Gasteiger partial charge in [0.15, 0.2) is 0 Å². The number of aliphatic hydroxyl groups excluding tert-OH is 1. The molecule has 1 atom stereocenters. The lowest BCUT2D eigenvalue weighted by atomic mass is 10.1. The van der Waals surface area contributed by atoms with Crippen LogP contribution in [-0.2, 0) is 12.7 Å². The fourth-order valence-corrected chi connectivity index (χ4v) is 1.89. The lowest BCUT2D eigenvalue weighted by molar-refractivity contribution is -0.137. The van der Waals surface area contributed by atoms with E-state index in [1.54, 1.807) is 0 Å². The van der Waals surface area contributed by atoms with Crippen LogP contribution in [0, 0.1) is 0 Å². The van der Waals surface area contributed by atoms with Crippen LogP contribution in [0.25, 0.3) is 0 Å². The lowest BCUT2D eigenvalue weighted by Gasteiger charge is -2.16. The van der Waals surface area contributed by atoms with Crippen molar-refractivity contribution in [1.29, 1.82) is 0 Å². The second kappa shape index (κ2) is 8.63. The molecule has 1 aromatic carbocycles. The minimum Gasteiger partial charge on any atom is -0.394 e. The van der Waals surface area contributed by atoms with Crippen LogP contribution >= 0.6 is 0 Å². The van der Waals surface area contributed by atoms with Gasteiger partial charge in [0.1, 0.15) is 0 Å². The topological polar surface area (TPSA) is 61.4 Å². The van der Waals surface area contributed by atoms with E-state index in [4.69, 9.17) is 5.11 Å². The molecule has 0 aliphatic rings. The maximum Gasteiger partial charge on any atom is 0.416 e. The molecule has 0 bridgehead atoms. The molecule has 0 radical (unpaired) electrons. The van der Waals surface area contributed by atoms with Crippen molar-refractivity contribution in [2.24, 2.45) is 0 Å². The van der Waals surface area contributed by atoms with E-state index in [-0.39, 0.29) is 19.2 Å². The molecule has 1 unspecified atom stereocenters. The Labute approximate surface area is 127 Å². The van der Waals surface area contributed by atoms with Gasteiger partial charge in [0.05, 0.1) is 18.2 Å².